The molecule has 0 aromatic carbocycles. The molecular formula is CH2N4. The quantitative estimate of drug-likeness (QED) is 0.402. The van der Waals surface area contributed by atoms with Gasteiger partial charge >= 0.3 is 0 Å². The zero-order chi connectivity index (χ0) is 3.54. The van der Waals surface area contributed by atoms with E-state index < -0.39 is 0 Å². The highest BCUT2D eigenvalue weighted by molar-refractivity contribution is 4.50. The van der Waals surface area contributed by atoms with Crippen LogP contribution >= 0.6 is 0 Å². The summed E-state index contributed by atoms with van der Waals surface area (Å²) in [5.74, 6) is 0. The molecule has 0 saturated carbocycles. The Balaban J connectivity index is 2.32. The zero-order valence-electron chi connectivity index (χ0n) is 2.39. The molecule has 1 aliphatic rings. The summed E-state index contributed by atoms with van der Waals surface area (Å²) in [6, 6.07) is 0. The fraction of sp³-hybridized carbons (Fsp3) is 0. The van der Waals surface area contributed by atoms with E-state index in [2.05, 4.69) is 28.0 Å². The van der Waals surface area contributed by atoms with E-state index in [0.29, 0.717) is 0 Å². The maximum absolute atomic E-state index is 3.24. The molecule has 0 atom stereocenters. The van der Waals surface area contributed by atoms with Crippen LogP contribution in [0.4, 0.5) is 0 Å². The second kappa shape index (κ2) is 0.878. The Hall–Kier alpha value is -0.800. The van der Waals surface area contributed by atoms with Crippen LogP contribution in [-0.4, -0.2) is 0 Å². The molecule has 4 heteroatoms. The van der Waals surface area contributed by atoms with Crippen LogP contribution in [0.25, 0.3) is 0 Å². The topological polar surface area (TPSA) is 48.8 Å². The Morgan fingerprint density at radius 1 is 1.20 bits per heavy atom. The van der Waals surface area contributed by atoms with Gasteiger partial charge in [0.05, 0.1) is 0 Å². The highest BCUT2D eigenvalue weighted by Crippen LogP contribution is 1.72. The van der Waals surface area contributed by atoms with Crippen LogP contribution in [0.1, 0.15) is 0 Å². The fourth-order valence-corrected chi connectivity index (χ4v) is 0.125. The van der Waals surface area contributed by atoms with Crippen molar-refractivity contribution in [3.05, 3.63) is 6.67 Å². The molecule has 0 amide bonds. The van der Waals surface area contributed by atoms with Crippen molar-refractivity contribution in [3.63, 3.8) is 0 Å². The molecule has 4 nitrogen and oxygen atoms in total. The molecule has 1 heterocycles. The van der Waals surface area contributed by atoms with Crippen LogP contribution in [-0.2, 0) is 0 Å². The van der Waals surface area contributed by atoms with E-state index >= 15 is 0 Å². The Bertz CT molecular complexity index is 41.6. The Labute approximate surface area is 29.2 Å². The molecule has 1 rings (SSSR count). The van der Waals surface area contributed by atoms with Crippen molar-refractivity contribution in [2.45, 2.75) is 0 Å². The first kappa shape index (κ1) is 2.44. The van der Waals surface area contributed by atoms with E-state index in [1.807, 2.05) is 0 Å². The number of hydrogen-bond donors (Lipinski definition) is 2. The third-order valence-electron chi connectivity index (χ3n) is 0.262. The normalized spacial score (nSPS) is 17.6. The molecule has 0 aliphatic carbocycles. The highest BCUT2D eigenvalue weighted by atomic mass is 15.6. The molecular weight excluding hydrogens is 68.0 g/mol. The van der Waals surface area contributed by atoms with Gasteiger partial charge in [-0.2, -0.15) is 0 Å². The molecule has 0 saturated heterocycles. The summed E-state index contributed by atoms with van der Waals surface area (Å²) in [6.45, 7) is 2.39. The molecule has 2 radical (unpaired) electrons. The lowest BCUT2D eigenvalue weighted by Gasteiger charge is -1.71. The number of rotatable bonds is 0. The van der Waals surface area contributed by atoms with Crippen LogP contribution in [0.15, 0.2) is 10.4 Å². The van der Waals surface area contributed by atoms with Crippen molar-refractivity contribution in [1.82, 2.24) is 10.9 Å². The molecule has 1 aliphatic heterocycles. The van der Waals surface area contributed by atoms with Crippen molar-refractivity contribution in [1.29, 1.82) is 0 Å². The minimum Gasteiger partial charge on any atom is -0.255 e. The van der Waals surface area contributed by atoms with Gasteiger partial charge in [-0.25, -0.2) is 0 Å². The molecule has 26 valence electrons. The molecule has 2 N–H and O–H groups in total. The first-order valence-corrected chi connectivity index (χ1v) is 1.15. The van der Waals surface area contributed by atoms with Crippen molar-refractivity contribution in [3.8, 4) is 0 Å². The number of nitrogens with one attached hydrogen (secondary N) is 2. The summed E-state index contributed by atoms with van der Waals surface area (Å²) in [6.07, 6.45) is 0. The largest absolute Gasteiger partial charge is 0.255 e. The van der Waals surface area contributed by atoms with Gasteiger partial charge in [0.25, 0.3) is 0 Å². The van der Waals surface area contributed by atoms with Gasteiger partial charge in [0, 0.05) is 0 Å². The third-order valence-corrected chi connectivity index (χ3v) is 0.262. The van der Waals surface area contributed by atoms with Gasteiger partial charge in [0.1, 0.15) is 0 Å². The molecule has 5 heavy (non-hydrogen) atoms. The van der Waals surface area contributed by atoms with Crippen LogP contribution in [0.5, 0.6) is 0 Å². The predicted molar refractivity (Wildman–Crippen MR) is 14.4 cm³/mol. The smallest absolute Gasteiger partial charge is 0.240 e. The van der Waals surface area contributed by atoms with Crippen molar-refractivity contribution >= 4 is 0 Å². The molecule has 0 aromatic heterocycles. The van der Waals surface area contributed by atoms with Crippen LogP contribution in [0, 0.1) is 6.67 Å². The van der Waals surface area contributed by atoms with Gasteiger partial charge in [0.15, 0.2) is 0 Å². The zero-order valence-corrected chi connectivity index (χ0v) is 2.39. The van der Waals surface area contributed by atoms with Gasteiger partial charge < -0.3 is 0 Å². The summed E-state index contributed by atoms with van der Waals surface area (Å²) in [7, 11) is 0. The van der Waals surface area contributed by atoms with E-state index in [1.165, 1.54) is 0 Å². The second-order valence-corrected chi connectivity index (χ2v) is 0.549. The van der Waals surface area contributed by atoms with E-state index in [1.54, 1.807) is 0 Å². The highest BCUT2D eigenvalue weighted by Gasteiger charge is 1.84. The average Bonchev–Trinajstić information content (AvgIpc) is 1.76. The Morgan fingerprint density at radius 3 is 2.00 bits per heavy atom. The summed E-state index contributed by atoms with van der Waals surface area (Å²) in [4.78, 5) is 0. The summed E-state index contributed by atoms with van der Waals surface area (Å²) >= 11 is 0. The summed E-state index contributed by atoms with van der Waals surface area (Å²) in [5, 5.41) is 6.47. The Morgan fingerprint density at radius 2 is 1.80 bits per heavy atom. The van der Waals surface area contributed by atoms with Gasteiger partial charge in [-0.05, 0) is 0 Å². The molecule has 0 fully saturated rings. The van der Waals surface area contributed by atoms with Gasteiger partial charge in [-0.15, -0.1) is 0 Å². The van der Waals surface area contributed by atoms with Gasteiger partial charge in [-0.1, -0.05) is 10.4 Å². The van der Waals surface area contributed by atoms with E-state index in [9.17, 15) is 0 Å². The lowest BCUT2D eigenvalue weighted by atomic mass is 11.2. The summed E-state index contributed by atoms with van der Waals surface area (Å²) < 4.78 is 0. The monoisotopic (exact) mass is 70.0 g/mol. The SMILES string of the molecule is [C]1NN=NN1. The minimum atomic E-state index is 2.32. The van der Waals surface area contributed by atoms with E-state index in [-0.39, 0.29) is 0 Å². The van der Waals surface area contributed by atoms with E-state index in [0.717, 1.165) is 0 Å². The standard InChI is InChI=1S/CH2N4/c1-2-4-5-3-1/h(H,2,5)(H,3,4). The van der Waals surface area contributed by atoms with Crippen LogP contribution in [0.2, 0.25) is 0 Å². The van der Waals surface area contributed by atoms with Gasteiger partial charge in [-0.3, -0.25) is 10.9 Å². The maximum atomic E-state index is 3.24. The first-order chi connectivity index (χ1) is 2.50. The lowest BCUT2D eigenvalue weighted by molar-refractivity contribution is 0.883. The molecule has 0 aromatic rings. The number of nitrogens with zero attached hydrogens (tertiary/aromatic N) is 2. The predicted octanol–water partition coefficient (Wildman–Crippen LogP) is -0.542. The number of hydrogen-bond acceptors (Lipinski definition) is 4. The second-order valence-electron chi connectivity index (χ2n) is 0.549. The van der Waals surface area contributed by atoms with Crippen LogP contribution in [0.3, 0.4) is 0 Å². The van der Waals surface area contributed by atoms with Crippen molar-refractivity contribution in [2.24, 2.45) is 10.4 Å². The fourth-order valence-electron chi connectivity index (χ4n) is 0.125. The first-order valence-electron chi connectivity index (χ1n) is 1.15. The minimum absolute atomic E-state index is 2.32. The third kappa shape index (κ3) is 0.261. The molecule has 0 bridgehead atoms. The summed E-state index contributed by atoms with van der Waals surface area (Å²) in [5.41, 5.74) is 4.64. The maximum Gasteiger partial charge on any atom is 0.240 e. The molecule has 0 unspecified atom stereocenters. The average molecular weight is 70.1 g/mol. The van der Waals surface area contributed by atoms with Gasteiger partial charge in [0.2, 0.25) is 6.67 Å². The van der Waals surface area contributed by atoms with E-state index in [4.69, 9.17) is 0 Å². The van der Waals surface area contributed by atoms with Crippen molar-refractivity contribution < 1.29 is 0 Å². The van der Waals surface area contributed by atoms with Crippen molar-refractivity contribution in [2.75, 3.05) is 0 Å². The molecule has 0 spiro atoms. The van der Waals surface area contributed by atoms with Crippen LogP contribution < -0.4 is 10.9 Å². The Kier molecular flexibility index (Phi) is 0.428. The lowest BCUT2D eigenvalue weighted by Crippen LogP contribution is -2.01.